The predicted molar refractivity (Wildman–Crippen MR) is 74.0 cm³/mol. The van der Waals surface area contributed by atoms with Crippen LogP contribution in [0, 0.1) is 5.92 Å². The molecule has 1 rings (SSSR count). The van der Waals surface area contributed by atoms with E-state index in [4.69, 9.17) is 5.11 Å². The summed E-state index contributed by atoms with van der Waals surface area (Å²) in [4.78, 5) is 21.8. The number of allylic oxidation sites excluding steroid dienone is 2. The Hall–Kier alpha value is -1.52. The Bertz CT molecular complexity index is 316. The molecule has 0 bridgehead atoms. The largest absolute Gasteiger partial charge is 0.481 e. The summed E-state index contributed by atoms with van der Waals surface area (Å²) in [6.45, 7) is 1.34. The van der Waals surface area contributed by atoms with Gasteiger partial charge in [0.25, 0.3) is 0 Å². The van der Waals surface area contributed by atoms with E-state index in [0.29, 0.717) is 18.9 Å². The van der Waals surface area contributed by atoms with Crippen molar-refractivity contribution in [2.75, 3.05) is 13.1 Å². The Kier molecular flexibility index (Phi) is 7.70. The molecule has 0 radical (unpaired) electrons. The van der Waals surface area contributed by atoms with Crippen molar-refractivity contribution < 1.29 is 14.7 Å². The quantitative estimate of drug-likeness (QED) is 0.467. The van der Waals surface area contributed by atoms with Crippen LogP contribution in [0.3, 0.4) is 0 Å². The highest BCUT2D eigenvalue weighted by atomic mass is 16.4. The molecule has 0 saturated heterocycles. The van der Waals surface area contributed by atoms with Gasteiger partial charge in [-0.25, -0.2) is 4.79 Å². The average Bonchev–Trinajstić information content (AvgIpc) is 2.41. The molecule has 1 atom stereocenters. The lowest BCUT2D eigenvalue weighted by Gasteiger charge is -2.18. The molecule has 19 heavy (non-hydrogen) atoms. The molecule has 0 spiro atoms. The number of hydrogen-bond acceptors (Lipinski definition) is 2. The molecule has 2 amide bonds. The molecule has 0 aromatic carbocycles. The maximum absolute atomic E-state index is 11.5. The number of carboxylic acid groups (broad SMARTS) is 1. The first kappa shape index (κ1) is 15.5. The first-order valence-electron chi connectivity index (χ1n) is 7.07. The highest BCUT2D eigenvalue weighted by molar-refractivity contribution is 5.73. The molecule has 0 aromatic heterocycles. The number of carboxylic acids is 1. The summed E-state index contributed by atoms with van der Waals surface area (Å²) >= 11 is 0. The molecule has 5 nitrogen and oxygen atoms in total. The van der Waals surface area contributed by atoms with Gasteiger partial charge < -0.3 is 15.7 Å². The van der Waals surface area contributed by atoms with E-state index in [1.807, 2.05) is 0 Å². The van der Waals surface area contributed by atoms with Crippen molar-refractivity contribution >= 4 is 12.0 Å². The van der Waals surface area contributed by atoms with Gasteiger partial charge in [0.2, 0.25) is 0 Å². The van der Waals surface area contributed by atoms with Gasteiger partial charge in [0, 0.05) is 19.5 Å². The van der Waals surface area contributed by atoms with Crippen molar-refractivity contribution in [1.82, 2.24) is 10.6 Å². The molecular weight excluding hydrogens is 244 g/mol. The number of carbonyl (C=O) groups is 2. The summed E-state index contributed by atoms with van der Waals surface area (Å²) in [5.74, 6) is -0.196. The van der Waals surface area contributed by atoms with Gasteiger partial charge in [-0.05, 0) is 38.0 Å². The van der Waals surface area contributed by atoms with Crippen LogP contribution < -0.4 is 10.6 Å². The van der Waals surface area contributed by atoms with E-state index < -0.39 is 5.97 Å². The van der Waals surface area contributed by atoms with Gasteiger partial charge in [-0.3, -0.25) is 4.79 Å². The summed E-state index contributed by atoms with van der Waals surface area (Å²) in [6, 6.07) is -0.118. The molecule has 3 N–H and O–H groups in total. The van der Waals surface area contributed by atoms with E-state index in [0.717, 1.165) is 38.6 Å². The summed E-state index contributed by atoms with van der Waals surface area (Å²) in [5, 5.41) is 14.1. The monoisotopic (exact) mass is 268 g/mol. The lowest BCUT2D eigenvalue weighted by atomic mass is 9.94. The van der Waals surface area contributed by atoms with Gasteiger partial charge in [0.1, 0.15) is 0 Å². The maximum Gasteiger partial charge on any atom is 0.314 e. The standard InChI is InChI=1S/C14H24N2O3/c17-13(18)9-5-2-6-10-15-14(19)16-11-12-7-3-1-4-8-12/h1,3,12H,2,4-11H2,(H,17,18)(H2,15,16,19). The van der Waals surface area contributed by atoms with Gasteiger partial charge in [-0.15, -0.1) is 0 Å². The van der Waals surface area contributed by atoms with Crippen molar-refractivity contribution in [3.63, 3.8) is 0 Å². The molecule has 0 aromatic rings. The van der Waals surface area contributed by atoms with E-state index in [2.05, 4.69) is 22.8 Å². The van der Waals surface area contributed by atoms with Gasteiger partial charge in [0.15, 0.2) is 0 Å². The fourth-order valence-electron chi connectivity index (χ4n) is 2.12. The summed E-state index contributed by atoms with van der Waals surface area (Å²) in [5.41, 5.74) is 0. The van der Waals surface area contributed by atoms with Crippen molar-refractivity contribution in [3.8, 4) is 0 Å². The van der Waals surface area contributed by atoms with Gasteiger partial charge >= 0.3 is 12.0 Å². The number of rotatable bonds is 8. The van der Waals surface area contributed by atoms with E-state index in [1.54, 1.807) is 0 Å². The number of unbranched alkanes of at least 4 members (excludes halogenated alkanes) is 2. The molecule has 0 saturated carbocycles. The first-order chi connectivity index (χ1) is 9.18. The molecule has 1 unspecified atom stereocenters. The molecule has 108 valence electrons. The minimum absolute atomic E-state index is 0.118. The number of carbonyl (C=O) groups excluding carboxylic acids is 1. The van der Waals surface area contributed by atoms with Crippen molar-refractivity contribution in [3.05, 3.63) is 12.2 Å². The van der Waals surface area contributed by atoms with Crippen LogP contribution in [0.4, 0.5) is 4.79 Å². The highest BCUT2D eigenvalue weighted by Crippen LogP contribution is 2.16. The third-order valence-corrected chi connectivity index (χ3v) is 3.28. The summed E-state index contributed by atoms with van der Waals surface area (Å²) in [6.07, 6.45) is 10.2. The van der Waals surface area contributed by atoms with Gasteiger partial charge in [-0.2, -0.15) is 0 Å². The van der Waals surface area contributed by atoms with Gasteiger partial charge in [0.05, 0.1) is 0 Å². The Labute approximate surface area is 114 Å². The Morgan fingerprint density at radius 2 is 2.00 bits per heavy atom. The van der Waals surface area contributed by atoms with Crippen LogP contribution in [-0.2, 0) is 4.79 Å². The predicted octanol–water partition coefficient (Wildman–Crippen LogP) is 2.29. The summed E-state index contributed by atoms with van der Waals surface area (Å²) < 4.78 is 0. The zero-order chi connectivity index (χ0) is 13.9. The molecule has 1 aliphatic carbocycles. The smallest absolute Gasteiger partial charge is 0.314 e. The van der Waals surface area contributed by atoms with E-state index in [-0.39, 0.29) is 12.5 Å². The van der Waals surface area contributed by atoms with Crippen LogP contribution in [0.2, 0.25) is 0 Å². The minimum Gasteiger partial charge on any atom is -0.481 e. The van der Waals surface area contributed by atoms with Crippen LogP contribution in [-0.4, -0.2) is 30.2 Å². The van der Waals surface area contributed by atoms with Crippen LogP contribution in [0.5, 0.6) is 0 Å². The number of aliphatic carboxylic acids is 1. The molecular formula is C14H24N2O3. The van der Waals surface area contributed by atoms with Crippen molar-refractivity contribution in [1.29, 1.82) is 0 Å². The number of hydrogen-bond donors (Lipinski definition) is 3. The third-order valence-electron chi connectivity index (χ3n) is 3.28. The van der Waals surface area contributed by atoms with E-state index >= 15 is 0 Å². The second-order valence-electron chi connectivity index (χ2n) is 4.99. The normalized spacial score (nSPS) is 18.0. The van der Waals surface area contributed by atoms with Crippen LogP contribution in [0.1, 0.15) is 44.9 Å². The average molecular weight is 268 g/mol. The fourth-order valence-corrected chi connectivity index (χ4v) is 2.12. The maximum atomic E-state index is 11.5. The van der Waals surface area contributed by atoms with Crippen molar-refractivity contribution in [2.45, 2.75) is 44.9 Å². The molecule has 0 aliphatic heterocycles. The molecule has 0 fully saturated rings. The molecule has 5 heteroatoms. The number of amides is 2. The second-order valence-corrected chi connectivity index (χ2v) is 4.99. The van der Waals surface area contributed by atoms with Crippen LogP contribution in [0.15, 0.2) is 12.2 Å². The lowest BCUT2D eigenvalue weighted by Crippen LogP contribution is -2.38. The van der Waals surface area contributed by atoms with Crippen LogP contribution in [0.25, 0.3) is 0 Å². The Balaban J connectivity index is 1.93. The van der Waals surface area contributed by atoms with Crippen LogP contribution >= 0.6 is 0 Å². The molecule has 0 heterocycles. The number of nitrogens with one attached hydrogen (secondary N) is 2. The Morgan fingerprint density at radius 3 is 2.68 bits per heavy atom. The second kappa shape index (κ2) is 9.42. The highest BCUT2D eigenvalue weighted by Gasteiger charge is 2.10. The van der Waals surface area contributed by atoms with Gasteiger partial charge in [-0.1, -0.05) is 18.6 Å². The summed E-state index contributed by atoms with van der Waals surface area (Å²) in [7, 11) is 0. The SMILES string of the molecule is O=C(O)CCCCCNC(=O)NCC1CC=CCC1. The zero-order valence-corrected chi connectivity index (χ0v) is 11.4. The zero-order valence-electron chi connectivity index (χ0n) is 11.4. The van der Waals surface area contributed by atoms with E-state index in [1.165, 1.54) is 0 Å². The number of urea groups is 1. The van der Waals surface area contributed by atoms with Crippen molar-refractivity contribution in [2.24, 2.45) is 5.92 Å². The first-order valence-corrected chi connectivity index (χ1v) is 7.07. The fraction of sp³-hybridized carbons (Fsp3) is 0.714. The minimum atomic E-state index is -0.757. The van der Waals surface area contributed by atoms with E-state index in [9.17, 15) is 9.59 Å². The lowest BCUT2D eigenvalue weighted by molar-refractivity contribution is -0.137. The Morgan fingerprint density at radius 1 is 1.16 bits per heavy atom. The molecule has 1 aliphatic rings. The topological polar surface area (TPSA) is 78.4 Å². The third kappa shape index (κ3) is 8.24.